The first-order valence-electron chi connectivity index (χ1n) is 4.59. The monoisotopic (exact) mass is 218 g/mol. The number of anilines is 1. The summed E-state index contributed by atoms with van der Waals surface area (Å²) >= 11 is 0. The third-order valence-corrected chi connectivity index (χ3v) is 1.98. The van der Waals surface area contributed by atoms with Gasteiger partial charge in [-0.05, 0) is 6.07 Å². The van der Waals surface area contributed by atoms with Crippen molar-refractivity contribution in [2.24, 2.45) is 0 Å². The summed E-state index contributed by atoms with van der Waals surface area (Å²) in [5, 5.41) is 8.95. The largest absolute Gasteiger partial charge is 0.398 e. The Morgan fingerprint density at radius 3 is 3.12 bits per heavy atom. The second-order valence-corrected chi connectivity index (χ2v) is 3.08. The Bertz CT molecular complexity index is 481. The molecule has 0 radical (unpaired) electrons. The standard InChI is InChI=1S/C9H10N6O/c10-7-1-2-11-3-6(7)9(16)12-4-8-13-5-14-15-8/h1-3,5H,4H2,(H2,10,11)(H,12,16)(H,13,14,15). The van der Waals surface area contributed by atoms with Gasteiger partial charge in [0.15, 0.2) is 0 Å². The van der Waals surface area contributed by atoms with Crippen LogP contribution in [0.5, 0.6) is 0 Å². The van der Waals surface area contributed by atoms with Crippen LogP contribution in [0.3, 0.4) is 0 Å². The minimum Gasteiger partial charge on any atom is -0.398 e. The van der Waals surface area contributed by atoms with E-state index in [2.05, 4.69) is 25.5 Å². The number of aromatic nitrogens is 4. The van der Waals surface area contributed by atoms with Crippen LogP contribution < -0.4 is 11.1 Å². The van der Waals surface area contributed by atoms with Gasteiger partial charge in [0, 0.05) is 18.1 Å². The molecule has 0 fully saturated rings. The maximum Gasteiger partial charge on any atom is 0.255 e. The molecule has 2 aromatic heterocycles. The van der Waals surface area contributed by atoms with Crippen LogP contribution in [0.1, 0.15) is 16.2 Å². The lowest BCUT2D eigenvalue weighted by molar-refractivity contribution is 0.0950. The molecule has 7 heteroatoms. The quantitative estimate of drug-likeness (QED) is 0.655. The molecule has 2 aromatic rings. The van der Waals surface area contributed by atoms with Crippen LogP contribution >= 0.6 is 0 Å². The average Bonchev–Trinajstić information content (AvgIpc) is 2.79. The summed E-state index contributed by atoms with van der Waals surface area (Å²) in [6, 6.07) is 1.57. The normalized spacial score (nSPS) is 10.0. The van der Waals surface area contributed by atoms with Gasteiger partial charge in [0.1, 0.15) is 12.2 Å². The van der Waals surface area contributed by atoms with Gasteiger partial charge in [0.2, 0.25) is 0 Å². The fraction of sp³-hybridized carbons (Fsp3) is 0.111. The highest BCUT2D eigenvalue weighted by Crippen LogP contribution is 2.07. The van der Waals surface area contributed by atoms with E-state index in [1.807, 2.05) is 0 Å². The van der Waals surface area contributed by atoms with Crippen LogP contribution in [0.25, 0.3) is 0 Å². The van der Waals surface area contributed by atoms with E-state index in [-0.39, 0.29) is 12.5 Å². The highest BCUT2D eigenvalue weighted by atomic mass is 16.1. The van der Waals surface area contributed by atoms with Crippen LogP contribution in [0.4, 0.5) is 5.69 Å². The maximum atomic E-state index is 11.7. The van der Waals surface area contributed by atoms with Crippen molar-refractivity contribution in [1.29, 1.82) is 0 Å². The molecule has 82 valence electrons. The molecule has 7 nitrogen and oxygen atoms in total. The van der Waals surface area contributed by atoms with E-state index in [4.69, 9.17) is 5.73 Å². The van der Waals surface area contributed by atoms with Crippen LogP contribution in [-0.4, -0.2) is 26.1 Å². The predicted molar refractivity (Wildman–Crippen MR) is 56.2 cm³/mol. The van der Waals surface area contributed by atoms with Gasteiger partial charge in [0.05, 0.1) is 12.1 Å². The molecule has 2 heterocycles. The Kier molecular flexibility index (Phi) is 2.77. The Morgan fingerprint density at radius 2 is 2.44 bits per heavy atom. The lowest BCUT2D eigenvalue weighted by Crippen LogP contribution is -2.24. The van der Waals surface area contributed by atoms with Gasteiger partial charge >= 0.3 is 0 Å². The van der Waals surface area contributed by atoms with E-state index >= 15 is 0 Å². The summed E-state index contributed by atoms with van der Waals surface area (Å²) < 4.78 is 0. The molecule has 0 unspecified atom stereocenters. The summed E-state index contributed by atoms with van der Waals surface area (Å²) in [4.78, 5) is 19.4. The van der Waals surface area contributed by atoms with Gasteiger partial charge in [-0.25, -0.2) is 4.98 Å². The topological polar surface area (TPSA) is 110 Å². The SMILES string of the molecule is Nc1ccncc1C(=O)NCc1ncn[nH]1. The lowest BCUT2D eigenvalue weighted by Gasteiger charge is -2.04. The average molecular weight is 218 g/mol. The van der Waals surface area contributed by atoms with Crippen molar-refractivity contribution in [2.45, 2.75) is 6.54 Å². The summed E-state index contributed by atoms with van der Waals surface area (Å²) in [5.41, 5.74) is 6.38. The smallest absolute Gasteiger partial charge is 0.255 e. The maximum absolute atomic E-state index is 11.7. The van der Waals surface area contributed by atoms with Gasteiger partial charge in [-0.3, -0.25) is 14.9 Å². The number of nitrogens with two attached hydrogens (primary N) is 1. The number of hydrogen-bond donors (Lipinski definition) is 3. The van der Waals surface area contributed by atoms with Crippen molar-refractivity contribution >= 4 is 11.6 Å². The molecule has 0 aliphatic rings. The molecule has 2 rings (SSSR count). The molecule has 0 aliphatic heterocycles. The van der Waals surface area contributed by atoms with E-state index in [1.54, 1.807) is 6.07 Å². The molecule has 1 amide bonds. The lowest BCUT2D eigenvalue weighted by atomic mass is 10.2. The van der Waals surface area contributed by atoms with Gasteiger partial charge in [-0.2, -0.15) is 5.10 Å². The van der Waals surface area contributed by atoms with Gasteiger partial charge in [0.25, 0.3) is 5.91 Å². The first-order valence-corrected chi connectivity index (χ1v) is 4.59. The number of carbonyl (C=O) groups is 1. The number of nitrogens with one attached hydrogen (secondary N) is 2. The number of nitrogens with zero attached hydrogens (tertiary/aromatic N) is 3. The van der Waals surface area contributed by atoms with Crippen LogP contribution in [0.2, 0.25) is 0 Å². The van der Waals surface area contributed by atoms with Crippen LogP contribution in [0, 0.1) is 0 Å². The Hall–Kier alpha value is -2.44. The van der Waals surface area contributed by atoms with Crippen molar-refractivity contribution in [1.82, 2.24) is 25.5 Å². The van der Waals surface area contributed by atoms with Crippen molar-refractivity contribution in [3.05, 3.63) is 36.2 Å². The number of hydrogen-bond acceptors (Lipinski definition) is 5. The van der Waals surface area contributed by atoms with E-state index in [1.165, 1.54) is 18.7 Å². The second kappa shape index (κ2) is 4.39. The minimum absolute atomic E-state index is 0.271. The molecule has 0 atom stereocenters. The summed E-state index contributed by atoms with van der Waals surface area (Å²) in [6.07, 6.45) is 4.33. The summed E-state index contributed by atoms with van der Waals surface area (Å²) in [7, 11) is 0. The first kappa shape index (κ1) is 10.1. The fourth-order valence-electron chi connectivity index (χ4n) is 1.17. The zero-order valence-corrected chi connectivity index (χ0v) is 8.34. The molecular formula is C9H10N6O. The Balaban J connectivity index is 2.01. The van der Waals surface area contributed by atoms with E-state index in [0.717, 1.165) is 0 Å². The van der Waals surface area contributed by atoms with Gasteiger partial charge in [-0.1, -0.05) is 0 Å². The molecule has 0 aromatic carbocycles. The number of pyridine rings is 1. The van der Waals surface area contributed by atoms with E-state index in [9.17, 15) is 4.79 Å². The third kappa shape index (κ3) is 2.14. The number of nitrogen functional groups attached to an aromatic ring is 1. The molecular weight excluding hydrogens is 208 g/mol. The number of aromatic amines is 1. The van der Waals surface area contributed by atoms with Crippen molar-refractivity contribution in [3.8, 4) is 0 Å². The molecule has 16 heavy (non-hydrogen) atoms. The molecule has 0 bridgehead atoms. The molecule has 4 N–H and O–H groups in total. The zero-order valence-electron chi connectivity index (χ0n) is 8.34. The number of amides is 1. The summed E-state index contributed by atoms with van der Waals surface area (Å²) in [6.45, 7) is 0.271. The Morgan fingerprint density at radius 1 is 1.56 bits per heavy atom. The first-order chi connectivity index (χ1) is 7.77. The third-order valence-electron chi connectivity index (χ3n) is 1.98. The van der Waals surface area contributed by atoms with E-state index in [0.29, 0.717) is 17.1 Å². The summed E-state index contributed by atoms with van der Waals surface area (Å²) in [5.74, 6) is 0.290. The van der Waals surface area contributed by atoms with Crippen LogP contribution in [0.15, 0.2) is 24.8 Å². The molecule has 0 aliphatic carbocycles. The zero-order chi connectivity index (χ0) is 11.4. The number of rotatable bonds is 3. The van der Waals surface area contributed by atoms with Crippen LogP contribution in [-0.2, 0) is 6.54 Å². The van der Waals surface area contributed by atoms with Crippen molar-refractivity contribution in [3.63, 3.8) is 0 Å². The number of carbonyl (C=O) groups excluding carboxylic acids is 1. The molecule has 0 saturated heterocycles. The highest BCUT2D eigenvalue weighted by molar-refractivity contribution is 5.98. The Labute approximate surface area is 91.1 Å². The highest BCUT2D eigenvalue weighted by Gasteiger charge is 2.09. The molecule has 0 saturated carbocycles. The van der Waals surface area contributed by atoms with Crippen molar-refractivity contribution < 1.29 is 4.79 Å². The second-order valence-electron chi connectivity index (χ2n) is 3.08. The fourth-order valence-corrected chi connectivity index (χ4v) is 1.17. The minimum atomic E-state index is -0.290. The van der Waals surface area contributed by atoms with Gasteiger partial charge in [-0.15, -0.1) is 0 Å². The number of H-pyrrole nitrogens is 1. The van der Waals surface area contributed by atoms with Gasteiger partial charge < -0.3 is 11.1 Å². The van der Waals surface area contributed by atoms with Crippen molar-refractivity contribution in [2.75, 3.05) is 5.73 Å². The predicted octanol–water partition coefficient (Wildman–Crippen LogP) is -0.288. The van der Waals surface area contributed by atoms with E-state index < -0.39 is 0 Å². The molecule has 0 spiro atoms.